The fraction of sp³-hybridized carbons (Fsp3) is 0.207. The van der Waals surface area contributed by atoms with Crippen molar-refractivity contribution in [2.24, 2.45) is 0 Å². The molecule has 0 radical (unpaired) electrons. The molecular formula is C29H28N4O3. The fourth-order valence-electron chi connectivity index (χ4n) is 4.52. The van der Waals surface area contributed by atoms with Gasteiger partial charge in [0.2, 0.25) is 5.91 Å². The lowest BCUT2D eigenvalue weighted by Gasteiger charge is -2.43. The number of amides is 2. The molecule has 7 heteroatoms. The molecule has 1 aromatic heterocycles. The average molecular weight is 481 g/mol. The van der Waals surface area contributed by atoms with Crippen molar-refractivity contribution in [3.8, 4) is 17.0 Å². The van der Waals surface area contributed by atoms with Gasteiger partial charge in [-0.25, -0.2) is 0 Å². The normalized spacial score (nSPS) is 16.9. The molecule has 0 fully saturated rings. The first-order valence-corrected chi connectivity index (χ1v) is 11.9. The van der Waals surface area contributed by atoms with Gasteiger partial charge in [0.1, 0.15) is 17.0 Å². The molecule has 1 aliphatic rings. The summed E-state index contributed by atoms with van der Waals surface area (Å²) < 4.78 is 6.93. The molecule has 0 saturated heterocycles. The zero-order valence-electron chi connectivity index (χ0n) is 20.3. The van der Waals surface area contributed by atoms with E-state index >= 15 is 0 Å². The van der Waals surface area contributed by atoms with E-state index in [4.69, 9.17) is 9.84 Å². The predicted molar refractivity (Wildman–Crippen MR) is 137 cm³/mol. The Kier molecular flexibility index (Phi) is 6.29. The van der Waals surface area contributed by atoms with Crippen molar-refractivity contribution < 1.29 is 14.3 Å². The largest absolute Gasteiger partial charge is 0.497 e. The van der Waals surface area contributed by atoms with E-state index in [0.717, 1.165) is 22.4 Å². The van der Waals surface area contributed by atoms with Crippen molar-refractivity contribution in [3.05, 3.63) is 108 Å². The highest BCUT2D eigenvalue weighted by atomic mass is 16.5. The van der Waals surface area contributed by atoms with Crippen LogP contribution in [0.2, 0.25) is 0 Å². The summed E-state index contributed by atoms with van der Waals surface area (Å²) >= 11 is 0. The van der Waals surface area contributed by atoms with Crippen LogP contribution in [0.4, 0.5) is 0 Å². The van der Waals surface area contributed by atoms with Crippen molar-refractivity contribution in [1.29, 1.82) is 0 Å². The van der Waals surface area contributed by atoms with Gasteiger partial charge in [-0.05, 0) is 36.2 Å². The number of methoxy groups -OCH3 is 1. The highest BCUT2D eigenvalue weighted by molar-refractivity contribution is 6.00. The van der Waals surface area contributed by atoms with Crippen molar-refractivity contribution in [2.45, 2.75) is 32.1 Å². The molecule has 4 aromatic rings. The lowest BCUT2D eigenvalue weighted by molar-refractivity contribution is -0.133. The Hall–Kier alpha value is -4.39. The maximum atomic E-state index is 13.8. The van der Waals surface area contributed by atoms with Crippen LogP contribution in [-0.4, -0.2) is 39.1 Å². The van der Waals surface area contributed by atoms with Gasteiger partial charge in [-0.1, -0.05) is 72.8 Å². The molecule has 1 N–H and O–H groups in total. The maximum Gasteiger partial charge on any atom is 0.273 e. The second kappa shape index (κ2) is 9.70. The number of hydrogen-bond donors (Lipinski definition) is 1. The number of ether oxygens (including phenoxy) is 1. The fourth-order valence-corrected chi connectivity index (χ4v) is 4.52. The molecule has 0 spiro atoms. The third kappa shape index (κ3) is 4.47. The Labute approximate surface area is 210 Å². The highest BCUT2D eigenvalue weighted by Crippen LogP contribution is 2.31. The lowest BCUT2D eigenvalue weighted by atomic mass is 9.94. The molecule has 0 saturated carbocycles. The van der Waals surface area contributed by atoms with Gasteiger partial charge in [-0.2, -0.15) is 5.10 Å². The van der Waals surface area contributed by atoms with Gasteiger partial charge in [0.15, 0.2) is 0 Å². The van der Waals surface area contributed by atoms with Crippen molar-refractivity contribution in [2.75, 3.05) is 7.11 Å². The van der Waals surface area contributed by atoms with Gasteiger partial charge >= 0.3 is 0 Å². The first-order valence-electron chi connectivity index (χ1n) is 11.9. The quantitative estimate of drug-likeness (QED) is 0.428. The molecule has 182 valence electrons. The zero-order chi connectivity index (χ0) is 25.1. The maximum absolute atomic E-state index is 13.8. The van der Waals surface area contributed by atoms with E-state index in [0.29, 0.717) is 17.9 Å². The lowest BCUT2D eigenvalue weighted by Crippen LogP contribution is -2.63. The molecule has 0 bridgehead atoms. The Morgan fingerprint density at radius 3 is 2.31 bits per heavy atom. The van der Waals surface area contributed by atoms with E-state index in [9.17, 15) is 9.59 Å². The molecule has 2 heterocycles. The van der Waals surface area contributed by atoms with E-state index in [-0.39, 0.29) is 24.9 Å². The monoisotopic (exact) mass is 480 g/mol. The van der Waals surface area contributed by atoms with Crippen LogP contribution in [0.25, 0.3) is 11.3 Å². The molecule has 0 aliphatic carbocycles. The topological polar surface area (TPSA) is 76.5 Å². The Balaban J connectivity index is 1.49. The number of rotatable bonds is 7. The van der Waals surface area contributed by atoms with Crippen LogP contribution in [0, 0.1) is 0 Å². The molecule has 2 amide bonds. The van der Waals surface area contributed by atoms with Crippen molar-refractivity contribution >= 4 is 11.8 Å². The summed E-state index contributed by atoms with van der Waals surface area (Å²) in [4.78, 5) is 29.2. The number of fused-ring (bicyclic) bond motifs is 1. The zero-order valence-corrected chi connectivity index (χ0v) is 20.3. The molecule has 1 unspecified atom stereocenters. The minimum Gasteiger partial charge on any atom is -0.497 e. The second-order valence-electron chi connectivity index (χ2n) is 9.12. The third-order valence-corrected chi connectivity index (χ3v) is 6.65. The standard InChI is InChI=1S/C29H28N4O3/c1-29(28(35)30-18-21-9-5-3-6-10-21)20-33-26(17-25(31-33)23-11-7-4-8-12-23)27(34)32(29)19-22-13-15-24(36-2)16-14-22/h3-17H,18-20H2,1-2H3,(H,30,35). The second-order valence-corrected chi connectivity index (χ2v) is 9.12. The van der Waals surface area contributed by atoms with Crippen LogP contribution in [0.3, 0.4) is 0 Å². The summed E-state index contributed by atoms with van der Waals surface area (Å²) in [7, 11) is 1.61. The minimum absolute atomic E-state index is 0.226. The average Bonchev–Trinajstić information content (AvgIpc) is 3.35. The first kappa shape index (κ1) is 23.4. The molecule has 36 heavy (non-hydrogen) atoms. The summed E-state index contributed by atoms with van der Waals surface area (Å²) in [6.07, 6.45) is 0. The Morgan fingerprint density at radius 2 is 1.64 bits per heavy atom. The van der Waals surface area contributed by atoms with Crippen molar-refractivity contribution in [3.63, 3.8) is 0 Å². The smallest absolute Gasteiger partial charge is 0.273 e. The number of hydrogen-bond acceptors (Lipinski definition) is 4. The minimum atomic E-state index is -1.14. The van der Waals surface area contributed by atoms with E-state index in [2.05, 4.69) is 5.32 Å². The van der Waals surface area contributed by atoms with Crippen LogP contribution in [0.15, 0.2) is 91.0 Å². The molecule has 3 aromatic carbocycles. The van der Waals surface area contributed by atoms with Crippen LogP contribution >= 0.6 is 0 Å². The van der Waals surface area contributed by atoms with Gasteiger partial charge in [0.05, 0.1) is 19.3 Å². The van der Waals surface area contributed by atoms with Crippen LogP contribution in [0.1, 0.15) is 28.5 Å². The Morgan fingerprint density at radius 1 is 0.972 bits per heavy atom. The highest BCUT2D eigenvalue weighted by Gasteiger charge is 2.48. The summed E-state index contributed by atoms with van der Waals surface area (Å²) in [6.45, 7) is 2.71. The number of nitrogens with zero attached hydrogens (tertiary/aromatic N) is 3. The number of carbonyl (C=O) groups excluding carboxylic acids is 2. The van der Waals surface area contributed by atoms with Gasteiger partial charge in [-0.3, -0.25) is 14.3 Å². The van der Waals surface area contributed by atoms with Gasteiger partial charge in [0, 0.05) is 18.7 Å². The van der Waals surface area contributed by atoms with E-state index in [1.807, 2.05) is 91.9 Å². The molecule has 1 atom stereocenters. The molecular weight excluding hydrogens is 452 g/mol. The first-order chi connectivity index (χ1) is 17.5. The Bertz CT molecular complexity index is 1370. The number of nitrogens with one attached hydrogen (secondary N) is 1. The van der Waals surface area contributed by atoms with E-state index in [1.54, 1.807) is 22.8 Å². The van der Waals surface area contributed by atoms with Gasteiger partial charge < -0.3 is 15.0 Å². The number of carbonyl (C=O) groups is 2. The predicted octanol–water partition coefficient (Wildman–Crippen LogP) is 4.29. The molecule has 1 aliphatic heterocycles. The van der Waals surface area contributed by atoms with E-state index in [1.165, 1.54) is 0 Å². The van der Waals surface area contributed by atoms with Crippen LogP contribution in [0.5, 0.6) is 5.75 Å². The number of benzene rings is 3. The summed E-state index contributed by atoms with van der Waals surface area (Å²) in [5.41, 5.74) is 2.85. The molecule has 5 rings (SSSR count). The van der Waals surface area contributed by atoms with Crippen molar-refractivity contribution in [1.82, 2.24) is 20.0 Å². The van der Waals surface area contributed by atoms with Gasteiger partial charge in [0.25, 0.3) is 5.91 Å². The van der Waals surface area contributed by atoms with Gasteiger partial charge in [-0.15, -0.1) is 0 Å². The third-order valence-electron chi connectivity index (χ3n) is 6.65. The SMILES string of the molecule is COc1ccc(CN2C(=O)c3cc(-c4ccccc4)nn3CC2(C)C(=O)NCc2ccccc2)cc1. The summed E-state index contributed by atoms with van der Waals surface area (Å²) in [6, 6.07) is 28.8. The molecule has 7 nitrogen and oxygen atoms in total. The summed E-state index contributed by atoms with van der Waals surface area (Å²) in [5.74, 6) is 0.275. The van der Waals surface area contributed by atoms with E-state index < -0.39 is 5.54 Å². The summed E-state index contributed by atoms with van der Waals surface area (Å²) in [5, 5.41) is 7.74. The van der Waals surface area contributed by atoms with Crippen LogP contribution < -0.4 is 10.1 Å². The number of aromatic nitrogens is 2. The van der Waals surface area contributed by atoms with Crippen LogP contribution in [-0.2, 0) is 24.4 Å².